The summed E-state index contributed by atoms with van der Waals surface area (Å²) in [6.45, 7) is 3.77. The van der Waals surface area contributed by atoms with Gasteiger partial charge in [0.2, 0.25) is 0 Å². The molecule has 0 spiro atoms. The largest absolute Gasteiger partial charge is 0.494 e. The van der Waals surface area contributed by atoms with Crippen LogP contribution < -0.4 is 4.74 Å². The number of unbranched alkanes of at least 4 members (excludes halogenated alkanes) is 1. The van der Waals surface area contributed by atoms with Gasteiger partial charge in [0.1, 0.15) is 5.75 Å². The second-order valence-corrected chi connectivity index (χ2v) is 7.02. The summed E-state index contributed by atoms with van der Waals surface area (Å²) in [4.78, 5) is 2.45. The van der Waals surface area contributed by atoms with Crippen molar-refractivity contribution in [2.24, 2.45) is 5.92 Å². The van der Waals surface area contributed by atoms with Crippen LogP contribution in [-0.2, 0) is 13.0 Å². The number of benzene rings is 2. The molecule has 25 heavy (non-hydrogen) atoms. The summed E-state index contributed by atoms with van der Waals surface area (Å²) >= 11 is 6.25. The Kier molecular flexibility index (Phi) is 6.33. The van der Waals surface area contributed by atoms with Crippen LogP contribution in [0.4, 0.5) is 0 Å². The van der Waals surface area contributed by atoms with E-state index in [4.69, 9.17) is 21.6 Å². The first-order valence-corrected chi connectivity index (χ1v) is 9.17. The van der Waals surface area contributed by atoms with Gasteiger partial charge in [-0.2, -0.15) is 5.26 Å². The molecule has 0 N–H and O–H groups in total. The summed E-state index contributed by atoms with van der Waals surface area (Å²) < 4.78 is 5.71. The van der Waals surface area contributed by atoms with E-state index in [0.717, 1.165) is 43.2 Å². The SMILES string of the molecule is N#CCCCOc1cccc(CN2CC(Cc3ccccc3Cl)C2)c1. The number of nitrogens with zero attached hydrogens (tertiary/aromatic N) is 2. The fraction of sp³-hybridized carbons (Fsp3) is 0.381. The van der Waals surface area contributed by atoms with Crippen LogP contribution in [0.25, 0.3) is 0 Å². The number of hydrogen-bond donors (Lipinski definition) is 0. The van der Waals surface area contributed by atoms with Gasteiger partial charge in [-0.1, -0.05) is 41.9 Å². The molecule has 4 heteroatoms. The third kappa shape index (κ3) is 5.22. The van der Waals surface area contributed by atoms with Crippen LogP contribution in [0.1, 0.15) is 24.0 Å². The van der Waals surface area contributed by atoms with Crippen LogP contribution in [0.2, 0.25) is 5.02 Å². The zero-order valence-corrected chi connectivity index (χ0v) is 15.1. The van der Waals surface area contributed by atoms with Gasteiger partial charge < -0.3 is 4.74 Å². The van der Waals surface area contributed by atoms with E-state index in [0.29, 0.717) is 18.9 Å². The van der Waals surface area contributed by atoms with Gasteiger partial charge in [-0.15, -0.1) is 0 Å². The smallest absolute Gasteiger partial charge is 0.119 e. The summed E-state index contributed by atoms with van der Waals surface area (Å²) in [5.41, 5.74) is 2.52. The fourth-order valence-corrected chi connectivity index (χ4v) is 3.46. The van der Waals surface area contributed by atoms with Crippen LogP contribution in [0.5, 0.6) is 5.75 Å². The maximum Gasteiger partial charge on any atom is 0.119 e. The Hall–Kier alpha value is -2.02. The molecule has 0 unspecified atom stereocenters. The third-order valence-electron chi connectivity index (χ3n) is 4.51. The van der Waals surface area contributed by atoms with Crippen LogP contribution in [0, 0.1) is 17.2 Å². The number of ether oxygens (including phenoxy) is 1. The molecule has 0 aliphatic carbocycles. The molecule has 2 aromatic rings. The van der Waals surface area contributed by atoms with Gasteiger partial charge in [0.05, 0.1) is 12.7 Å². The standard InChI is InChI=1S/C21H23ClN2O/c22-21-9-2-1-7-19(21)12-18-15-24(16-18)14-17-6-5-8-20(13-17)25-11-4-3-10-23/h1-2,5-9,13,18H,3-4,11-12,14-16H2. The lowest BCUT2D eigenvalue weighted by Crippen LogP contribution is -2.46. The first-order chi connectivity index (χ1) is 12.2. The molecule has 0 amide bonds. The molecule has 0 atom stereocenters. The Bertz CT molecular complexity index is 735. The minimum atomic E-state index is 0.542. The van der Waals surface area contributed by atoms with Gasteiger partial charge >= 0.3 is 0 Å². The van der Waals surface area contributed by atoms with Crippen molar-refractivity contribution in [3.05, 3.63) is 64.7 Å². The van der Waals surface area contributed by atoms with E-state index in [1.807, 2.05) is 24.3 Å². The Morgan fingerprint density at radius 2 is 2.00 bits per heavy atom. The zero-order chi connectivity index (χ0) is 17.5. The highest BCUT2D eigenvalue weighted by atomic mass is 35.5. The van der Waals surface area contributed by atoms with Gasteiger partial charge in [0.15, 0.2) is 0 Å². The van der Waals surface area contributed by atoms with Gasteiger partial charge in [-0.25, -0.2) is 0 Å². The second-order valence-electron chi connectivity index (χ2n) is 6.61. The fourth-order valence-electron chi connectivity index (χ4n) is 3.24. The number of nitriles is 1. The third-order valence-corrected chi connectivity index (χ3v) is 4.87. The number of rotatable bonds is 8. The minimum Gasteiger partial charge on any atom is -0.494 e. The summed E-state index contributed by atoms with van der Waals surface area (Å²) in [5, 5.41) is 9.43. The van der Waals surface area contributed by atoms with Gasteiger partial charge in [-0.05, 0) is 48.1 Å². The Morgan fingerprint density at radius 1 is 1.16 bits per heavy atom. The maximum absolute atomic E-state index is 8.55. The van der Waals surface area contributed by atoms with Crippen molar-refractivity contribution in [3.63, 3.8) is 0 Å². The molecule has 0 radical (unpaired) electrons. The number of halogens is 1. The maximum atomic E-state index is 8.55. The van der Waals surface area contributed by atoms with Gasteiger partial charge in [-0.3, -0.25) is 4.90 Å². The summed E-state index contributed by atoms with van der Waals surface area (Å²) in [7, 11) is 0. The molecule has 3 nitrogen and oxygen atoms in total. The average molecular weight is 355 g/mol. The molecule has 1 fully saturated rings. The molecule has 0 bridgehead atoms. The van der Waals surface area contributed by atoms with Crippen LogP contribution >= 0.6 is 11.6 Å². The first-order valence-electron chi connectivity index (χ1n) is 8.79. The van der Waals surface area contributed by atoms with E-state index in [9.17, 15) is 0 Å². The quantitative estimate of drug-likeness (QED) is 0.645. The zero-order valence-electron chi connectivity index (χ0n) is 14.3. The van der Waals surface area contributed by atoms with Crippen molar-refractivity contribution in [2.75, 3.05) is 19.7 Å². The highest BCUT2D eigenvalue weighted by molar-refractivity contribution is 6.31. The van der Waals surface area contributed by atoms with Crippen molar-refractivity contribution in [1.29, 1.82) is 5.26 Å². The Morgan fingerprint density at radius 3 is 2.80 bits per heavy atom. The predicted octanol–water partition coefficient (Wildman–Crippen LogP) is 4.70. The number of hydrogen-bond acceptors (Lipinski definition) is 3. The van der Waals surface area contributed by atoms with Gasteiger partial charge in [0, 0.05) is 31.1 Å². The highest BCUT2D eigenvalue weighted by Crippen LogP contribution is 2.26. The molecular formula is C21H23ClN2O. The summed E-state index contributed by atoms with van der Waals surface area (Å²) in [6.07, 6.45) is 2.37. The molecule has 0 aromatic heterocycles. The van der Waals surface area contributed by atoms with Crippen LogP contribution in [0.3, 0.4) is 0 Å². The van der Waals surface area contributed by atoms with E-state index in [1.54, 1.807) is 0 Å². The average Bonchev–Trinajstić information content (AvgIpc) is 2.59. The Balaban J connectivity index is 1.44. The van der Waals surface area contributed by atoms with Crippen molar-refractivity contribution in [3.8, 4) is 11.8 Å². The molecule has 3 rings (SSSR count). The molecule has 1 aliphatic rings. The van der Waals surface area contributed by atoms with E-state index in [-0.39, 0.29) is 0 Å². The van der Waals surface area contributed by atoms with E-state index in [2.05, 4.69) is 35.2 Å². The molecule has 130 valence electrons. The highest BCUT2D eigenvalue weighted by Gasteiger charge is 2.27. The van der Waals surface area contributed by atoms with Gasteiger partial charge in [0.25, 0.3) is 0 Å². The van der Waals surface area contributed by atoms with Crippen LogP contribution in [0.15, 0.2) is 48.5 Å². The lowest BCUT2D eigenvalue weighted by molar-refractivity contribution is 0.0925. The predicted molar refractivity (Wildman–Crippen MR) is 101 cm³/mol. The van der Waals surface area contributed by atoms with Crippen molar-refractivity contribution in [2.45, 2.75) is 25.8 Å². The van der Waals surface area contributed by atoms with Crippen LogP contribution in [-0.4, -0.2) is 24.6 Å². The second kappa shape index (κ2) is 8.89. The molecule has 1 heterocycles. The lowest BCUT2D eigenvalue weighted by Gasteiger charge is -2.39. The van der Waals surface area contributed by atoms with Crippen molar-refractivity contribution < 1.29 is 4.74 Å². The topological polar surface area (TPSA) is 36.3 Å². The molecule has 1 aliphatic heterocycles. The summed E-state index contributed by atoms with van der Waals surface area (Å²) in [6, 6.07) is 18.5. The molecule has 2 aromatic carbocycles. The molecular weight excluding hydrogens is 332 g/mol. The minimum absolute atomic E-state index is 0.542. The van der Waals surface area contributed by atoms with Crippen molar-refractivity contribution >= 4 is 11.6 Å². The van der Waals surface area contributed by atoms with E-state index in [1.165, 1.54) is 11.1 Å². The normalized spacial score (nSPS) is 14.7. The first kappa shape index (κ1) is 17.8. The van der Waals surface area contributed by atoms with E-state index < -0.39 is 0 Å². The number of likely N-dealkylation sites (tertiary alicyclic amines) is 1. The molecule has 1 saturated heterocycles. The molecule has 0 saturated carbocycles. The van der Waals surface area contributed by atoms with E-state index >= 15 is 0 Å². The monoisotopic (exact) mass is 354 g/mol. The summed E-state index contributed by atoms with van der Waals surface area (Å²) in [5.74, 6) is 1.58. The Labute approximate surface area is 154 Å². The lowest BCUT2D eigenvalue weighted by atomic mass is 9.91. The van der Waals surface area contributed by atoms with Crippen molar-refractivity contribution in [1.82, 2.24) is 4.90 Å².